The highest BCUT2D eigenvalue weighted by atomic mass is 79.9. The lowest BCUT2D eigenvalue weighted by molar-refractivity contribution is 0.198. The van der Waals surface area contributed by atoms with Gasteiger partial charge in [0.1, 0.15) is 0 Å². The molecule has 0 aliphatic rings. The molecule has 21 heavy (non-hydrogen) atoms. The van der Waals surface area contributed by atoms with Crippen LogP contribution in [0.4, 0.5) is 0 Å². The number of aryl methyl sites for hydroxylation is 1. The van der Waals surface area contributed by atoms with Gasteiger partial charge in [-0.3, -0.25) is 4.79 Å². The number of aliphatic hydroxyl groups excluding tert-OH is 1. The average molecular weight is 369 g/mol. The molecule has 4 nitrogen and oxygen atoms in total. The summed E-state index contributed by atoms with van der Waals surface area (Å²) in [6, 6.07) is 7.23. The van der Waals surface area contributed by atoms with Crippen LogP contribution in [0.2, 0.25) is 0 Å². The molecular formula is C15H17BrN2O2S. The SMILES string of the molecule is CCCc1cc(=O)[nH]c(Sc2ccc([C@H](C)O)c(Br)c2)n1. The van der Waals surface area contributed by atoms with Gasteiger partial charge < -0.3 is 10.1 Å². The van der Waals surface area contributed by atoms with E-state index < -0.39 is 6.10 Å². The van der Waals surface area contributed by atoms with Crippen LogP contribution >= 0.6 is 27.7 Å². The van der Waals surface area contributed by atoms with Gasteiger partial charge in [0.25, 0.3) is 5.56 Å². The number of aromatic amines is 1. The Bertz CT molecular complexity index is 686. The summed E-state index contributed by atoms with van der Waals surface area (Å²) in [7, 11) is 0. The number of aromatic nitrogens is 2. The minimum absolute atomic E-state index is 0.129. The maximum absolute atomic E-state index is 11.6. The summed E-state index contributed by atoms with van der Waals surface area (Å²) in [5.74, 6) is 0. The van der Waals surface area contributed by atoms with E-state index in [9.17, 15) is 9.90 Å². The number of nitrogens with zero attached hydrogens (tertiary/aromatic N) is 1. The molecule has 1 atom stereocenters. The fraction of sp³-hybridized carbons (Fsp3) is 0.333. The number of H-pyrrole nitrogens is 1. The molecule has 6 heteroatoms. The molecule has 0 spiro atoms. The molecule has 0 aliphatic heterocycles. The van der Waals surface area contributed by atoms with Gasteiger partial charge in [-0.2, -0.15) is 0 Å². The zero-order chi connectivity index (χ0) is 15.4. The minimum Gasteiger partial charge on any atom is -0.389 e. The fourth-order valence-corrected chi connectivity index (χ4v) is 3.65. The highest BCUT2D eigenvalue weighted by molar-refractivity contribution is 9.10. The van der Waals surface area contributed by atoms with E-state index in [0.717, 1.165) is 33.5 Å². The number of benzene rings is 1. The molecule has 1 heterocycles. The Morgan fingerprint density at radius 3 is 2.81 bits per heavy atom. The summed E-state index contributed by atoms with van der Waals surface area (Å²) in [4.78, 5) is 19.8. The van der Waals surface area contributed by atoms with Crippen molar-refractivity contribution in [3.05, 3.63) is 50.3 Å². The maximum atomic E-state index is 11.6. The number of halogens is 1. The largest absolute Gasteiger partial charge is 0.389 e. The van der Waals surface area contributed by atoms with Crippen molar-refractivity contribution >= 4 is 27.7 Å². The van der Waals surface area contributed by atoms with Gasteiger partial charge in [-0.25, -0.2) is 4.98 Å². The Balaban J connectivity index is 2.26. The molecular weight excluding hydrogens is 352 g/mol. The van der Waals surface area contributed by atoms with Crippen LogP contribution in [0.15, 0.2) is 43.6 Å². The lowest BCUT2D eigenvalue weighted by atomic mass is 10.1. The highest BCUT2D eigenvalue weighted by Crippen LogP contribution is 2.31. The molecule has 0 fully saturated rings. The standard InChI is InChI=1S/C15H17BrN2O2S/c1-3-4-10-7-14(20)18-15(17-10)21-11-5-6-12(9(2)19)13(16)8-11/h5-9,19H,3-4H2,1-2H3,(H,17,18,20)/t9-/m0/s1. The van der Waals surface area contributed by atoms with Crippen LogP contribution < -0.4 is 5.56 Å². The lowest BCUT2D eigenvalue weighted by Crippen LogP contribution is -2.09. The maximum Gasteiger partial charge on any atom is 0.251 e. The Morgan fingerprint density at radius 2 is 2.19 bits per heavy atom. The minimum atomic E-state index is -0.524. The molecule has 2 N–H and O–H groups in total. The van der Waals surface area contributed by atoms with Gasteiger partial charge in [-0.05, 0) is 31.0 Å². The van der Waals surface area contributed by atoms with Crippen molar-refractivity contribution in [3.8, 4) is 0 Å². The number of nitrogens with one attached hydrogen (secondary N) is 1. The molecule has 0 amide bonds. The van der Waals surface area contributed by atoms with Gasteiger partial charge in [-0.1, -0.05) is 47.1 Å². The summed E-state index contributed by atoms with van der Waals surface area (Å²) in [5.41, 5.74) is 1.51. The number of rotatable bonds is 5. The molecule has 1 aromatic carbocycles. The first-order valence-corrected chi connectivity index (χ1v) is 8.36. The van der Waals surface area contributed by atoms with Gasteiger partial charge in [0, 0.05) is 21.1 Å². The van der Waals surface area contributed by atoms with Crippen molar-refractivity contribution in [3.63, 3.8) is 0 Å². The van der Waals surface area contributed by atoms with Gasteiger partial charge >= 0.3 is 0 Å². The second-order valence-electron chi connectivity index (χ2n) is 4.75. The van der Waals surface area contributed by atoms with Crippen molar-refractivity contribution in [2.45, 2.75) is 42.8 Å². The first-order chi connectivity index (χ1) is 9.99. The Labute approximate surface area is 136 Å². The van der Waals surface area contributed by atoms with Crippen molar-refractivity contribution in [1.82, 2.24) is 9.97 Å². The number of aliphatic hydroxyl groups is 1. The molecule has 112 valence electrons. The molecule has 0 saturated carbocycles. The number of hydrogen-bond acceptors (Lipinski definition) is 4. The zero-order valence-electron chi connectivity index (χ0n) is 11.9. The van der Waals surface area contributed by atoms with Crippen LogP contribution in [0.3, 0.4) is 0 Å². The van der Waals surface area contributed by atoms with Crippen molar-refractivity contribution in [2.75, 3.05) is 0 Å². The van der Waals surface area contributed by atoms with Gasteiger partial charge in [0.05, 0.1) is 6.10 Å². The van der Waals surface area contributed by atoms with Crippen LogP contribution in [0.25, 0.3) is 0 Å². The molecule has 0 radical (unpaired) electrons. The second-order valence-corrected chi connectivity index (χ2v) is 6.67. The Kier molecular flexibility index (Phi) is 5.61. The lowest BCUT2D eigenvalue weighted by Gasteiger charge is -2.09. The molecule has 2 aromatic rings. The highest BCUT2D eigenvalue weighted by Gasteiger charge is 2.09. The zero-order valence-corrected chi connectivity index (χ0v) is 14.3. The third kappa shape index (κ3) is 4.43. The summed E-state index contributed by atoms with van der Waals surface area (Å²) in [6.07, 6.45) is 1.22. The molecule has 0 bridgehead atoms. The Hall–Kier alpha value is -1.11. The van der Waals surface area contributed by atoms with E-state index in [1.807, 2.05) is 18.2 Å². The summed E-state index contributed by atoms with van der Waals surface area (Å²) >= 11 is 4.85. The van der Waals surface area contributed by atoms with E-state index in [-0.39, 0.29) is 5.56 Å². The third-order valence-electron chi connectivity index (χ3n) is 2.92. The van der Waals surface area contributed by atoms with Crippen molar-refractivity contribution in [1.29, 1.82) is 0 Å². The van der Waals surface area contributed by atoms with E-state index in [1.54, 1.807) is 13.0 Å². The molecule has 0 aliphatic carbocycles. The first-order valence-electron chi connectivity index (χ1n) is 6.75. The van der Waals surface area contributed by atoms with Crippen molar-refractivity contribution in [2.24, 2.45) is 0 Å². The predicted octanol–water partition coefficient (Wildman–Crippen LogP) is 3.69. The molecule has 0 unspecified atom stereocenters. The smallest absolute Gasteiger partial charge is 0.251 e. The predicted molar refractivity (Wildman–Crippen MR) is 87.8 cm³/mol. The summed E-state index contributed by atoms with van der Waals surface area (Å²) < 4.78 is 0.842. The van der Waals surface area contributed by atoms with Gasteiger partial charge in [-0.15, -0.1) is 0 Å². The van der Waals surface area contributed by atoms with Crippen LogP contribution in [0.5, 0.6) is 0 Å². The van der Waals surface area contributed by atoms with E-state index in [1.165, 1.54) is 11.8 Å². The quantitative estimate of drug-likeness (QED) is 0.789. The van der Waals surface area contributed by atoms with Crippen LogP contribution in [0.1, 0.15) is 37.6 Å². The van der Waals surface area contributed by atoms with E-state index in [2.05, 4.69) is 32.8 Å². The average Bonchev–Trinajstić information content (AvgIpc) is 2.37. The monoisotopic (exact) mass is 368 g/mol. The Morgan fingerprint density at radius 1 is 1.43 bits per heavy atom. The number of hydrogen-bond donors (Lipinski definition) is 2. The van der Waals surface area contributed by atoms with Gasteiger partial charge in [0.15, 0.2) is 5.16 Å². The fourth-order valence-electron chi connectivity index (χ4n) is 1.94. The summed E-state index contributed by atoms with van der Waals surface area (Å²) in [6.45, 7) is 3.78. The van der Waals surface area contributed by atoms with Crippen molar-refractivity contribution < 1.29 is 5.11 Å². The summed E-state index contributed by atoms with van der Waals surface area (Å²) in [5, 5.41) is 10.2. The molecule has 2 rings (SSSR count). The van der Waals surface area contributed by atoms with Crippen LogP contribution in [-0.2, 0) is 6.42 Å². The first kappa shape index (κ1) is 16.3. The second kappa shape index (κ2) is 7.24. The van der Waals surface area contributed by atoms with E-state index in [4.69, 9.17) is 0 Å². The van der Waals surface area contributed by atoms with E-state index in [0.29, 0.717) is 5.16 Å². The normalized spacial score (nSPS) is 12.4. The topological polar surface area (TPSA) is 66.0 Å². The van der Waals surface area contributed by atoms with E-state index >= 15 is 0 Å². The molecule has 1 aromatic heterocycles. The molecule has 0 saturated heterocycles. The van der Waals surface area contributed by atoms with Gasteiger partial charge in [0.2, 0.25) is 0 Å². The van der Waals surface area contributed by atoms with Crippen LogP contribution in [-0.4, -0.2) is 15.1 Å². The van der Waals surface area contributed by atoms with Crippen LogP contribution in [0, 0.1) is 0 Å². The third-order valence-corrected chi connectivity index (χ3v) is 4.48.